The monoisotopic (exact) mass is 546 g/mol. The van der Waals surface area contributed by atoms with E-state index in [1.165, 1.54) is 36.8 Å². The third-order valence-corrected chi connectivity index (χ3v) is 5.99. The molecule has 0 aliphatic carbocycles. The highest BCUT2D eigenvalue weighted by atomic mass is 16.5. The van der Waals surface area contributed by atoms with E-state index in [0.29, 0.717) is 29.8 Å². The summed E-state index contributed by atoms with van der Waals surface area (Å²) < 4.78 is 10.3. The maximum absolute atomic E-state index is 5.30. The van der Waals surface area contributed by atoms with Gasteiger partial charge in [0, 0.05) is 11.1 Å². The first-order chi connectivity index (χ1) is 20.1. The Kier molecular flexibility index (Phi) is 13.4. The molecule has 0 fully saturated rings. The SMILES string of the molecule is CCCCc1ccc(C#Cc2ncc(OC)cn2)cc1.CCCCc1ccc(C#Cc2ncc(OCC)cn2)cc1. The fourth-order valence-electron chi connectivity index (χ4n) is 3.64. The maximum atomic E-state index is 5.30. The number of methoxy groups -OCH3 is 1. The molecule has 0 aliphatic rings. The lowest BCUT2D eigenvalue weighted by molar-refractivity contribution is 0.337. The molecule has 41 heavy (non-hydrogen) atoms. The molecule has 6 nitrogen and oxygen atoms in total. The number of rotatable bonds is 9. The van der Waals surface area contributed by atoms with E-state index in [4.69, 9.17) is 9.47 Å². The van der Waals surface area contributed by atoms with Crippen LogP contribution in [0.2, 0.25) is 0 Å². The van der Waals surface area contributed by atoms with Crippen LogP contribution in [0.4, 0.5) is 0 Å². The van der Waals surface area contributed by atoms with Crippen LogP contribution in [0, 0.1) is 23.7 Å². The highest BCUT2D eigenvalue weighted by Gasteiger charge is 1.97. The fourth-order valence-corrected chi connectivity index (χ4v) is 3.64. The van der Waals surface area contributed by atoms with E-state index in [1.807, 2.05) is 31.2 Å². The summed E-state index contributed by atoms with van der Waals surface area (Å²) in [7, 11) is 1.59. The summed E-state index contributed by atoms with van der Waals surface area (Å²) in [6.07, 6.45) is 13.7. The summed E-state index contributed by atoms with van der Waals surface area (Å²) in [5.74, 6) is 14.4. The third kappa shape index (κ3) is 11.5. The van der Waals surface area contributed by atoms with Crippen molar-refractivity contribution < 1.29 is 9.47 Å². The standard InChI is InChI=1S/C18H20N2O.C17H18N2O/c1-3-5-6-15-7-9-16(10-8-15)11-12-18-19-13-17(14-20-18)21-4-2;1-3-4-5-14-6-8-15(9-7-14)10-11-17-18-12-16(20-2)13-19-17/h7-10,13-14H,3-6H2,1-2H3;6-9,12-13H,3-5H2,1-2H3. The molecule has 2 aromatic heterocycles. The van der Waals surface area contributed by atoms with Crippen molar-refractivity contribution in [1.82, 2.24) is 19.9 Å². The van der Waals surface area contributed by atoms with Crippen molar-refractivity contribution >= 4 is 0 Å². The van der Waals surface area contributed by atoms with Gasteiger partial charge in [0.05, 0.1) is 38.5 Å². The van der Waals surface area contributed by atoms with Crippen molar-refractivity contribution in [3.05, 3.63) is 107 Å². The second kappa shape index (κ2) is 17.8. The van der Waals surface area contributed by atoms with Gasteiger partial charge in [-0.05, 0) is 79.8 Å². The van der Waals surface area contributed by atoms with Crippen LogP contribution in [0.5, 0.6) is 11.5 Å². The van der Waals surface area contributed by atoms with Crippen molar-refractivity contribution in [3.63, 3.8) is 0 Å². The fraction of sp³-hybridized carbons (Fsp3) is 0.314. The van der Waals surface area contributed by atoms with Gasteiger partial charge in [0.25, 0.3) is 0 Å². The molecule has 2 aromatic carbocycles. The van der Waals surface area contributed by atoms with E-state index in [9.17, 15) is 0 Å². The van der Waals surface area contributed by atoms with Gasteiger partial charge in [-0.25, -0.2) is 19.9 Å². The second-order valence-corrected chi connectivity index (χ2v) is 9.22. The zero-order valence-corrected chi connectivity index (χ0v) is 24.5. The summed E-state index contributed by atoms with van der Waals surface area (Å²) in [5, 5.41) is 0. The summed E-state index contributed by atoms with van der Waals surface area (Å²) in [6, 6.07) is 16.7. The Balaban J connectivity index is 0.000000226. The van der Waals surface area contributed by atoms with Crippen LogP contribution in [0.1, 0.15) is 80.4 Å². The van der Waals surface area contributed by atoms with E-state index >= 15 is 0 Å². The topological polar surface area (TPSA) is 70.0 Å². The highest BCUT2D eigenvalue weighted by molar-refractivity contribution is 5.40. The van der Waals surface area contributed by atoms with E-state index in [0.717, 1.165) is 24.0 Å². The number of aromatic nitrogens is 4. The van der Waals surface area contributed by atoms with Gasteiger partial charge < -0.3 is 9.47 Å². The van der Waals surface area contributed by atoms with Gasteiger partial charge in [0.15, 0.2) is 11.5 Å². The number of unbranched alkanes of at least 4 members (excludes halogenated alkanes) is 2. The molecule has 2 heterocycles. The molecular weight excluding hydrogens is 508 g/mol. The molecule has 0 amide bonds. The molecule has 4 aromatic rings. The molecule has 0 saturated heterocycles. The third-order valence-electron chi connectivity index (χ3n) is 5.99. The molecule has 0 saturated carbocycles. The minimum atomic E-state index is 0.501. The van der Waals surface area contributed by atoms with E-state index in [1.54, 1.807) is 31.9 Å². The zero-order chi connectivity index (χ0) is 29.1. The van der Waals surface area contributed by atoms with Crippen LogP contribution in [0.15, 0.2) is 73.3 Å². The van der Waals surface area contributed by atoms with Crippen LogP contribution in [-0.4, -0.2) is 33.7 Å². The summed E-state index contributed by atoms with van der Waals surface area (Å²) >= 11 is 0. The largest absolute Gasteiger partial charge is 0.494 e. The minimum absolute atomic E-state index is 0.501. The molecule has 0 atom stereocenters. The first-order valence-corrected chi connectivity index (χ1v) is 14.2. The Morgan fingerprint density at radius 1 is 0.561 bits per heavy atom. The Morgan fingerprint density at radius 3 is 1.34 bits per heavy atom. The summed E-state index contributed by atoms with van der Waals surface area (Å²) in [6.45, 7) is 6.95. The molecule has 0 aliphatic heterocycles. The van der Waals surface area contributed by atoms with Crippen molar-refractivity contribution in [2.24, 2.45) is 0 Å². The first-order valence-electron chi connectivity index (χ1n) is 14.2. The average Bonchev–Trinajstić information content (AvgIpc) is 3.03. The number of hydrogen-bond donors (Lipinski definition) is 0. The summed E-state index contributed by atoms with van der Waals surface area (Å²) in [4.78, 5) is 16.5. The number of hydrogen-bond acceptors (Lipinski definition) is 6. The first kappa shape index (κ1) is 30.9. The van der Waals surface area contributed by atoms with Crippen LogP contribution in [0.25, 0.3) is 0 Å². The lowest BCUT2D eigenvalue weighted by Crippen LogP contribution is -1.95. The number of ether oxygens (including phenoxy) is 2. The Hall–Kier alpha value is -4.68. The van der Waals surface area contributed by atoms with E-state index < -0.39 is 0 Å². The van der Waals surface area contributed by atoms with Gasteiger partial charge in [-0.2, -0.15) is 0 Å². The minimum Gasteiger partial charge on any atom is -0.494 e. The van der Waals surface area contributed by atoms with E-state index in [2.05, 4.69) is 81.7 Å². The smallest absolute Gasteiger partial charge is 0.205 e. The lowest BCUT2D eigenvalue weighted by Gasteiger charge is -2.00. The molecule has 0 unspecified atom stereocenters. The second-order valence-electron chi connectivity index (χ2n) is 9.22. The molecule has 0 radical (unpaired) electrons. The summed E-state index contributed by atoms with van der Waals surface area (Å²) in [5.41, 5.74) is 4.68. The van der Waals surface area contributed by atoms with Gasteiger partial charge in [-0.3, -0.25) is 0 Å². The van der Waals surface area contributed by atoms with Gasteiger partial charge in [0.2, 0.25) is 11.6 Å². The van der Waals surface area contributed by atoms with E-state index in [-0.39, 0.29) is 0 Å². The Bertz CT molecular complexity index is 1430. The number of benzene rings is 2. The van der Waals surface area contributed by atoms with Gasteiger partial charge in [-0.15, -0.1) is 0 Å². The maximum Gasteiger partial charge on any atom is 0.205 e. The zero-order valence-electron chi connectivity index (χ0n) is 24.5. The molecule has 4 rings (SSSR count). The Labute approximate surface area is 244 Å². The number of aryl methyl sites for hydroxylation is 2. The molecule has 0 spiro atoms. The molecule has 210 valence electrons. The van der Waals surface area contributed by atoms with Crippen LogP contribution in [-0.2, 0) is 12.8 Å². The van der Waals surface area contributed by atoms with Gasteiger partial charge in [-0.1, -0.05) is 62.8 Å². The van der Waals surface area contributed by atoms with Crippen molar-refractivity contribution in [3.8, 4) is 35.2 Å². The van der Waals surface area contributed by atoms with Crippen LogP contribution >= 0.6 is 0 Å². The predicted molar refractivity (Wildman–Crippen MR) is 164 cm³/mol. The average molecular weight is 547 g/mol. The van der Waals surface area contributed by atoms with Crippen molar-refractivity contribution in [1.29, 1.82) is 0 Å². The molecular formula is C35H38N4O2. The number of nitrogens with zero attached hydrogens (tertiary/aromatic N) is 4. The molecule has 0 N–H and O–H groups in total. The van der Waals surface area contributed by atoms with Gasteiger partial charge in [0.1, 0.15) is 0 Å². The lowest BCUT2D eigenvalue weighted by atomic mass is 10.1. The molecule has 0 bridgehead atoms. The van der Waals surface area contributed by atoms with Gasteiger partial charge >= 0.3 is 0 Å². The Morgan fingerprint density at radius 2 is 0.976 bits per heavy atom. The highest BCUT2D eigenvalue weighted by Crippen LogP contribution is 2.09. The normalized spacial score (nSPS) is 9.76. The van der Waals surface area contributed by atoms with Crippen LogP contribution in [0.3, 0.4) is 0 Å². The van der Waals surface area contributed by atoms with Crippen LogP contribution < -0.4 is 9.47 Å². The quantitative estimate of drug-likeness (QED) is 0.214. The predicted octanol–water partition coefficient (Wildman–Crippen LogP) is 6.85. The van der Waals surface area contributed by atoms with Crippen molar-refractivity contribution in [2.45, 2.75) is 59.3 Å². The molecule has 6 heteroatoms. The van der Waals surface area contributed by atoms with Crippen molar-refractivity contribution in [2.75, 3.05) is 13.7 Å².